The van der Waals surface area contributed by atoms with E-state index >= 15 is 0 Å². The Kier molecular flexibility index (Phi) is 8.16. The second-order valence-corrected chi connectivity index (χ2v) is 8.56. The van der Waals surface area contributed by atoms with Gasteiger partial charge >= 0.3 is 0 Å². The van der Waals surface area contributed by atoms with E-state index in [2.05, 4.69) is 37.4 Å². The molecule has 0 atom stereocenters. The number of nitriles is 1. The van der Waals surface area contributed by atoms with Crippen LogP contribution in [0.3, 0.4) is 0 Å². The van der Waals surface area contributed by atoms with Crippen LogP contribution in [0.25, 0.3) is 6.08 Å². The molecule has 0 aliphatic carbocycles. The molecule has 6 heteroatoms. The van der Waals surface area contributed by atoms with E-state index in [1.165, 1.54) is 17.2 Å². The van der Waals surface area contributed by atoms with Gasteiger partial charge in [0.1, 0.15) is 17.4 Å². The number of halogens is 2. The van der Waals surface area contributed by atoms with Gasteiger partial charge in [-0.1, -0.05) is 58.6 Å². The maximum Gasteiger partial charge on any atom is 0.266 e. The molecule has 168 valence electrons. The highest BCUT2D eigenvalue weighted by Crippen LogP contribution is 2.32. The Hall–Kier alpha value is -3.26. The van der Waals surface area contributed by atoms with Crippen molar-refractivity contribution >= 4 is 40.9 Å². The zero-order valence-corrected chi connectivity index (χ0v) is 20.2. The number of benzene rings is 3. The molecule has 33 heavy (non-hydrogen) atoms. The third-order valence-electron chi connectivity index (χ3n) is 4.90. The van der Waals surface area contributed by atoms with Gasteiger partial charge in [-0.05, 0) is 68.3 Å². The largest absolute Gasteiger partial charge is 0.494 e. The zero-order valence-electron chi connectivity index (χ0n) is 18.7. The number of nitrogens with zero attached hydrogens (tertiary/aromatic N) is 1. The van der Waals surface area contributed by atoms with Gasteiger partial charge in [-0.15, -0.1) is 0 Å². The van der Waals surface area contributed by atoms with Gasteiger partial charge in [0.15, 0.2) is 0 Å². The second-order valence-electron chi connectivity index (χ2n) is 7.72. The van der Waals surface area contributed by atoms with Gasteiger partial charge in [0, 0.05) is 27.7 Å². The molecule has 0 spiro atoms. The fourth-order valence-electron chi connectivity index (χ4n) is 3.63. The number of hydrogen-bond donors (Lipinski definition) is 1. The van der Waals surface area contributed by atoms with Crippen LogP contribution in [0.4, 0.5) is 5.69 Å². The molecule has 0 radical (unpaired) electrons. The van der Waals surface area contributed by atoms with Gasteiger partial charge < -0.3 is 10.1 Å². The van der Waals surface area contributed by atoms with Gasteiger partial charge in [0.2, 0.25) is 0 Å². The van der Waals surface area contributed by atoms with Crippen molar-refractivity contribution in [3.05, 3.63) is 98.0 Å². The van der Waals surface area contributed by atoms with Crippen LogP contribution in [0.15, 0.2) is 60.2 Å². The van der Waals surface area contributed by atoms with Gasteiger partial charge in [-0.25, -0.2) is 0 Å². The fraction of sp³-hybridized carbons (Fsp3) is 0.185. The first-order valence-corrected chi connectivity index (χ1v) is 11.3. The first-order valence-electron chi connectivity index (χ1n) is 10.5. The number of anilines is 1. The number of carbonyl (C=O) groups is 1. The van der Waals surface area contributed by atoms with E-state index in [1.54, 1.807) is 36.4 Å². The topological polar surface area (TPSA) is 62.1 Å². The molecule has 0 fully saturated rings. The van der Waals surface area contributed by atoms with E-state index in [-0.39, 0.29) is 5.57 Å². The average Bonchev–Trinajstić information content (AvgIpc) is 2.74. The maximum absolute atomic E-state index is 12.6. The predicted octanol–water partition coefficient (Wildman–Crippen LogP) is 7.15. The van der Waals surface area contributed by atoms with E-state index in [9.17, 15) is 10.1 Å². The van der Waals surface area contributed by atoms with Crippen molar-refractivity contribution in [1.82, 2.24) is 0 Å². The highest BCUT2D eigenvalue weighted by Gasteiger charge is 2.15. The number of carbonyl (C=O) groups excluding carboxylic acids is 1. The van der Waals surface area contributed by atoms with E-state index in [1.807, 2.05) is 13.0 Å². The average molecular weight is 479 g/mol. The molecule has 3 aromatic carbocycles. The molecule has 1 amide bonds. The normalized spacial score (nSPS) is 11.1. The number of nitrogens with one attached hydrogen (secondary N) is 1. The molecule has 4 nitrogen and oxygen atoms in total. The molecule has 0 saturated carbocycles. The summed E-state index contributed by atoms with van der Waals surface area (Å²) in [6.45, 7) is 6.49. The molecule has 0 heterocycles. The number of rotatable bonds is 7. The molecule has 0 unspecified atom stereocenters. The van der Waals surface area contributed by atoms with Crippen molar-refractivity contribution in [2.45, 2.75) is 27.2 Å². The van der Waals surface area contributed by atoms with Crippen molar-refractivity contribution in [2.24, 2.45) is 0 Å². The molecule has 0 aliphatic heterocycles. The van der Waals surface area contributed by atoms with Crippen LogP contribution >= 0.6 is 23.2 Å². The Morgan fingerprint density at radius 1 is 1.09 bits per heavy atom. The minimum absolute atomic E-state index is 0.0597. The lowest BCUT2D eigenvalue weighted by Gasteiger charge is -2.14. The molecular formula is C27H24Cl2N2O2. The quantitative estimate of drug-likeness (QED) is 0.289. The lowest BCUT2D eigenvalue weighted by atomic mass is 9.98. The third kappa shape index (κ3) is 6.61. The van der Waals surface area contributed by atoms with E-state index in [4.69, 9.17) is 27.9 Å². The highest BCUT2D eigenvalue weighted by atomic mass is 35.5. The summed E-state index contributed by atoms with van der Waals surface area (Å²) in [5, 5.41) is 13.3. The van der Waals surface area contributed by atoms with Crippen molar-refractivity contribution in [1.29, 1.82) is 5.26 Å². The summed E-state index contributed by atoms with van der Waals surface area (Å²) in [5.74, 6) is 0.0936. The Labute approximate surface area is 204 Å². The summed E-state index contributed by atoms with van der Waals surface area (Å²) in [6, 6.07) is 18.6. The first kappa shape index (κ1) is 24.4. The van der Waals surface area contributed by atoms with E-state index in [0.29, 0.717) is 40.1 Å². The maximum atomic E-state index is 12.6. The van der Waals surface area contributed by atoms with Crippen LogP contribution in [0.2, 0.25) is 10.0 Å². The lowest BCUT2D eigenvalue weighted by molar-refractivity contribution is -0.112. The van der Waals surface area contributed by atoms with Crippen LogP contribution < -0.4 is 10.1 Å². The molecule has 0 bridgehead atoms. The minimum Gasteiger partial charge on any atom is -0.494 e. The van der Waals surface area contributed by atoms with Crippen molar-refractivity contribution in [2.75, 3.05) is 11.9 Å². The molecule has 1 N–H and O–H groups in total. The first-order chi connectivity index (χ1) is 15.8. The smallest absolute Gasteiger partial charge is 0.266 e. The molecule has 0 aliphatic rings. The Morgan fingerprint density at radius 3 is 2.45 bits per heavy atom. The summed E-state index contributed by atoms with van der Waals surface area (Å²) >= 11 is 12.6. The van der Waals surface area contributed by atoms with Crippen LogP contribution in [0.1, 0.15) is 34.7 Å². The van der Waals surface area contributed by atoms with Crippen molar-refractivity contribution < 1.29 is 9.53 Å². The zero-order chi connectivity index (χ0) is 24.0. The fourth-order valence-corrected chi connectivity index (χ4v) is 4.10. The van der Waals surface area contributed by atoms with Crippen molar-refractivity contribution in [3.63, 3.8) is 0 Å². The van der Waals surface area contributed by atoms with Gasteiger partial charge in [-0.2, -0.15) is 5.26 Å². The molecule has 0 aromatic heterocycles. The van der Waals surface area contributed by atoms with Crippen LogP contribution in [-0.2, 0) is 11.2 Å². The summed E-state index contributed by atoms with van der Waals surface area (Å²) in [6.07, 6.45) is 2.11. The van der Waals surface area contributed by atoms with Crippen LogP contribution in [0, 0.1) is 25.2 Å². The summed E-state index contributed by atoms with van der Waals surface area (Å²) < 4.78 is 5.86. The Balaban J connectivity index is 1.93. The van der Waals surface area contributed by atoms with Crippen LogP contribution in [-0.4, -0.2) is 12.5 Å². The summed E-state index contributed by atoms with van der Waals surface area (Å²) in [5.41, 5.74) is 5.41. The van der Waals surface area contributed by atoms with Crippen LogP contribution in [0.5, 0.6) is 5.75 Å². The standard InChI is InChI=1S/C27H24Cl2N2O2/c1-4-33-26-14-20(11-21(16-30)27(32)31-23-7-5-6-22(28)15-23)13-25(29)24(26)12-19-9-17(2)8-18(3)10-19/h5-11,13-15H,4,12H2,1-3H3,(H,31,32)/b21-11+. The summed E-state index contributed by atoms with van der Waals surface area (Å²) in [7, 11) is 0. The molecular weight excluding hydrogens is 455 g/mol. The predicted molar refractivity (Wildman–Crippen MR) is 135 cm³/mol. The number of hydrogen-bond acceptors (Lipinski definition) is 3. The lowest BCUT2D eigenvalue weighted by Crippen LogP contribution is -2.13. The monoisotopic (exact) mass is 478 g/mol. The van der Waals surface area contributed by atoms with Gasteiger partial charge in [-0.3, -0.25) is 4.79 Å². The SMILES string of the molecule is CCOc1cc(/C=C(\C#N)C(=O)Nc2cccc(Cl)c2)cc(Cl)c1Cc1cc(C)cc(C)c1. The number of amides is 1. The van der Waals surface area contributed by atoms with Crippen molar-refractivity contribution in [3.8, 4) is 11.8 Å². The molecule has 0 saturated heterocycles. The number of aryl methyl sites for hydroxylation is 2. The van der Waals surface area contributed by atoms with E-state index < -0.39 is 5.91 Å². The van der Waals surface area contributed by atoms with E-state index in [0.717, 1.165) is 11.1 Å². The summed E-state index contributed by atoms with van der Waals surface area (Å²) in [4.78, 5) is 12.6. The van der Waals surface area contributed by atoms with Gasteiger partial charge in [0.25, 0.3) is 5.91 Å². The molecule has 3 aromatic rings. The number of ether oxygens (including phenoxy) is 1. The minimum atomic E-state index is -0.534. The Bertz CT molecular complexity index is 1240. The second kappa shape index (κ2) is 11.0. The molecule has 3 rings (SSSR count). The third-order valence-corrected chi connectivity index (χ3v) is 5.47. The highest BCUT2D eigenvalue weighted by molar-refractivity contribution is 6.32. The Morgan fingerprint density at radius 2 is 1.82 bits per heavy atom. The van der Waals surface area contributed by atoms with Gasteiger partial charge in [0.05, 0.1) is 6.61 Å².